The van der Waals surface area contributed by atoms with E-state index in [1.54, 1.807) is 26.2 Å². The van der Waals surface area contributed by atoms with Crippen molar-refractivity contribution in [3.63, 3.8) is 0 Å². The van der Waals surface area contributed by atoms with Crippen LogP contribution in [-0.4, -0.2) is 20.1 Å². The van der Waals surface area contributed by atoms with Crippen molar-refractivity contribution in [2.24, 2.45) is 0 Å². The van der Waals surface area contributed by atoms with Crippen molar-refractivity contribution in [3.05, 3.63) is 65.7 Å². The predicted octanol–water partition coefficient (Wildman–Crippen LogP) is 5.24. The molecule has 3 aromatic carbocycles. The third-order valence-electron chi connectivity index (χ3n) is 5.54. The second-order valence-corrected chi connectivity index (χ2v) is 8.77. The van der Waals surface area contributed by atoms with Crippen molar-refractivity contribution in [3.8, 4) is 5.75 Å². The van der Waals surface area contributed by atoms with Gasteiger partial charge in [0.25, 0.3) is 10.0 Å². The van der Waals surface area contributed by atoms with Crippen LogP contribution in [-0.2, 0) is 16.6 Å². The van der Waals surface area contributed by atoms with E-state index in [1.807, 2.05) is 37.3 Å². The average Bonchev–Trinajstić information content (AvgIpc) is 3.02. The van der Waals surface area contributed by atoms with Crippen LogP contribution in [0.15, 0.2) is 59.5 Å². The molecule has 0 aliphatic carbocycles. The van der Waals surface area contributed by atoms with Crippen LogP contribution in [0, 0.1) is 13.8 Å². The Morgan fingerprint density at radius 3 is 2.38 bits per heavy atom. The molecule has 0 aliphatic rings. The summed E-state index contributed by atoms with van der Waals surface area (Å²) in [6, 6.07) is 17.2. The molecule has 0 saturated heterocycles. The third-order valence-corrected chi connectivity index (χ3v) is 7.06. The largest absolute Gasteiger partial charge is 0.496 e. The number of rotatable bonds is 5. The third kappa shape index (κ3) is 3.13. The first-order valence-electron chi connectivity index (χ1n) is 9.55. The molecule has 29 heavy (non-hydrogen) atoms. The van der Waals surface area contributed by atoms with Crippen LogP contribution in [0.4, 0.5) is 5.69 Å². The summed E-state index contributed by atoms with van der Waals surface area (Å²) in [6.45, 7) is 6.61. The van der Waals surface area contributed by atoms with E-state index in [9.17, 15) is 8.42 Å². The first-order chi connectivity index (χ1) is 13.9. The van der Waals surface area contributed by atoms with Crippen LogP contribution >= 0.6 is 0 Å². The van der Waals surface area contributed by atoms with Gasteiger partial charge in [0.2, 0.25) is 0 Å². The molecule has 0 unspecified atom stereocenters. The highest BCUT2D eigenvalue weighted by Crippen LogP contribution is 2.32. The minimum atomic E-state index is -3.72. The number of methoxy groups -OCH3 is 1. The van der Waals surface area contributed by atoms with E-state index in [4.69, 9.17) is 4.74 Å². The number of anilines is 1. The molecule has 0 saturated carbocycles. The van der Waals surface area contributed by atoms with Gasteiger partial charge in [-0.1, -0.05) is 18.2 Å². The van der Waals surface area contributed by atoms with Crippen molar-refractivity contribution in [2.75, 3.05) is 11.8 Å². The Hall–Kier alpha value is -2.99. The fourth-order valence-corrected chi connectivity index (χ4v) is 5.30. The van der Waals surface area contributed by atoms with Crippen LogP contribution < -0.4 is 9.46 Å². The monoisotopic (exact) mass is 408 g/mol. The van der Waals surface area contributed by atoms with Crippen LogP contribution in [0.2, 0.25) is 0 Å². The Bertz CT molecular complexity index is 1340. The summed E-state index contributed by atoms with van der Waals surface area (Å²) in [6.07, 6.45) is 0. The maximum Gasteiger partial charge on any atom is 0.262 e. The lowest BCUT2D eigenvalue weighted by atomic mass is 10.1. The van der Waals surface area contributed by atoms with Gasteiger partial charge in [-0.2, -0.15) is 0 Å². The topological polar surface area (TPSA) is 60.3 Å². The number of nitrogens with zero attached hydrogens (tertiary/aromatic N) is 1. The zero-order valence-electron chi connectivity index (χ0n) is 17.0. The normalized spacial score (nSPS) is 11.9. The smallest absolute Gasteiger partial charge is 0.262 e. The van der Waals surface area contributed by atoms with Crippen molar-refractivity contribution >= 4 is 37.5 Å². The molecule has 0 radical (unpaired) electrons. The fraction of sp³-hybridized carbons (Fsp3) is 0.217. The molecule has 5 nitrogen and oxygen atoms in total. The van der Waals surface area contributed by atoms with E-state index >= 15 is 0 Å². The van der Waals surface area contributed by atoms with E-state index in [0.29, 0.717) is 17.0 Å². The van der Waals surface area contributed by atoms with Crippen LogP contribution in [0.1, 0.15) is 18.1 Å². The van der Waals surface area contributed by atoms with E-state index in [-0.39, 0.29) is 4.90 Å². The van der Waals surface area contributed by atoms with Gasteiger partial charge in [0.05, 0.1) is 12.0 Å². The molecule has 1 heterocycles. The summed E-state index contributed by atoms with van der Waals surface area (Å²) in [5.41, 5.74) is 4.28. The van der Waals surface area contributed by atoms with Gasteiger partial charge in [-0.15, -0.1) is 0 Å². The molecule has 4 rings (SSSR count). The number of hydrogen-bond donors (Lipinski definition) is 1. The highest BCUT2D eigenvalue weighted by atomic mass is 32.2. The standard InChI is InChI=1S/C23H24N2O3S/c1-5-25-20-9-7-6-8-18(20)19-14-17(10-11-21(19)25)24-29(26,27)23-13-12-22(28-4)15(2)16(23)3/h6-14,24H,5H2,1-4H3. The Morgan fingerprint density at radius 2 is 1.66 bits per heavy atom. The van der Waals surface area contributed by atoms with Crippen molar-refractivity contribution in [2.45, 2.75) is 32.2 Å². The number of fused-ring (bicyclic) bond motifs is 3. The second kappa shape index (κ2) is 7.12. The Balaban J connectivity index is 1.80. The highest BCUT2D eigenvalue weighted by molar-refractivity contribution is 7.92. The molecule has 0 fully saturated rings. The highest BCUT2D eigenvalue weighted by Gasteiger charge is 2.20. The summed E-state index contributed by atoms with van der Waals surface area (Å²) in [7, 11) is -2.14. The van der Waals surface area contributed by atoms with Crippen LogP contribution in [0.3, 0.4) is 0 Å². The van der Waals surface area contributed by atoms with Crippen molar-refractivity contribution in [1.82, 2.24) is 4.57 Å². The Labute approximate surface area is 171 Å². The van der Waals surface area contributed by atoms with Gasteiger partial charge in [0, 0.05) is 34.0 Å². The summed E-state index contributed by atoms with van der Waals surface area (Å²) in [5, 5.41) is 2.15. The summed E-state index contributed by atoms with van der Waals surface area (Å²) in [4.78, 5) is 0.256. The van der Waals surface area contributed by atoms with E-state index in [2.05, 4.69) is 28.3 Å². The fourth-order valence-electron chi connectivity index (χ4n) is 3.95. The maximum absolute atomic E-state index is 13.1. The first-order valence-corrected chi connectivity index (χ1v) is 11.0. The molecule has 0 atom stereocenters. The summed E-state index contributed by atoms with van der Waals surface area (Å²) < 4.78 is 36.4. The molecule has 150 valence electrons. The van der Waals surface area contributed by atoms with Gasteiger partial charge in [0.15, 0.2) is 0 Å². The van der Waals surface area contributed by atoms with Gasteiger partial charge < -0.3 is 9.30 Å². The lowest BCUT2D eigenvalue weighted by Crippen LogP contribution is -2.15. The molecule has 1 N–H and O–H groups in total. The van der Waals surface area contributed by atoms with Gasteiger partial charge in [0.1, 0.15) is 5.75 Å². The molecule has 0 aliphatic heterocycles. The number of aromatic nitrogens is 1. The van der Waals surface area contributed by atoms with Crippen LogP contribution in [0.25, 0.3) is 21.8 Å². The molecular weight excluding hydrogens is 384 g/mol. The minimum absolute atomic E-state index is 0.256. The number of nitrogens with one attached hydrogen (secondary N) is 1. The quantitative estimate of drug-likeness (QED) is 0.491. The van der Waals surface area contributed by atoms with E-state index < -0.39 is 10.0 Å². The van der Waals surface area contributed by atoms with E-state index in [1.165, 1.54) is 0 Å². The SMILES string of the molecule is CCn1c2ccccc2c2cc(NS(=O)(=O)c3ccc(OC)c(C)c3C)ccc21. The summed E-state index contributed by atoms with van der Waals surface area (Å²) >= 11 is 0. The minimum Gasteiger partial charge on any atom is -0.496 e. The predicted molar refractivity (Wildman–Crippen MR) is 118 cm³/mol. The number of benzene rings is 3. The molecule has 4 aromatic rings. The zero-order valence-corrected chi connectivity index (χ0v) is 17.8. The molecule has 1 aromatic heterocycles. The van der Waals surface area contributed by atoms with Gasteiger partial charge >= 0.3 is 0 Å². The van der Waals surface area contributed by atoms with Crippen molar-refractivity contribution < 1.29 is 13.2 Å². The number of ether oxygens (including phenoxy) is 1. The molecule has 0 spiro atoms. The van der Waals surface area contributed by atoms with Gasteiger partial charge in [-0.3, -0.25) is 4.72 Å². The number of para-hydroxylation sites is 1. The second-order valence-electron chi connectivity index (χ2n) is 7.11. The zero-order chi connectivity index (χ0) is 20.8. The lowest BCUT2D eigenvalue weighted by molar-refractivity contribution is 0.411. The Kier molecular flexibility index (Phi) is 4.74. The summed E-state index contributed by atoms with van der Waals surface area (Å²) in [5.74, 6) is 0.676. The van der Waals surface area contributed by atoms with Crippen LogP contribution in [0.5, 0.6) is 5.75 Å². The lowest BCUT2D eigenvalue weighted by Gasteiger charge is -2.14. The maximum atomic E-state index is 13.1. The molecular formula is C23H24N2O3S. The van der Waals surface area contributed by atoms with E-state index in [0.717, 1.165) is 33.9 Å². The molecule has 0 amide bonds. The first kappa shape index (κ1) is 19.3. The number of aryl methyl sites for hydroxylation is 1. The average molecular weight is 409 g/mol. The molecule has 6 heteroatoms. The van der Waals surface area contributed by atoms with Crippen molar-refractivity contribution in [1.29, 1.82) is 0 Å². The number of hydrogen-bond acceptors (Lipinski definition) is 3. The molecule has 0 bridgehead atoms. The number of sulfonamides is 1. The van der Waals surface area contributed by atoms with Gasteiger partial charge in [-0.05, 0) is 68.3 Å². The van der Waals surface area contributed by atoms with Gasteiger partial charge in [-0.25, -0.2) is 8.42 Å². The Morgan fingerprint density at radius 1 is 0.931 bits per heavy atom.